The molecule has 1 saturated heterocycles. The van der Waals surface area contributed by atoms with E-state index >= 15 is 0 Å². The van der Waals surface area contributed by atoms with E-state index in [2.05, 4.69) is 0 Å². The molecule has 1 unspecified atom stereocenters. The second kappa shape index (κ2) is 8.75. The quantitative estimate of drug-likeness (QED) is 0.710. The average Bonchev–Trinajstić information content (AvgIpc) is 3.12. The van der Waals surface area contributed by atoms with E-state index in [1.165, 1.54) is 22.0 Å². The third-order valence-corrected chi connectivity index (χ3v) is 8.34. The molecule has 0 N–H and O–H groups in total. The van der Waals surface area contributed by atoms with Crippen LogP contribution in [0, 0.1) is 0 Å². The van der Waals surface area contributed by atoms with Crippen molar-refractivity contribution in [3.63, 3.8) is 0 Å². The number of carbonyl (C=O) groups is 1. The minimum atomic E-state index is -3.67. The van der Waals surface area contributed by atoms with Crippen LogP contribution in [0.5, 0.6) is 11.5 Å². The Hall–Kier alpha value is -2.58. The molecule has 0 saturated carbocycles. The minimum Gasteiger partial charge on any atom is -0.485 e. The number of fused-ring (bicyclic) bond motifs is 2. The van der Waals surface area contributed by atoms with Gasteiger partial charge < -0.3 is 14.4 Å². The van der Waals surface area contributed by atoms with Crippen molar-refractivity contribution in [1.29, 1.82) is 0 Å². The Morgan fingerprint density at radius 2 is 1.66 bits per heavy atom. The second-order valence-electron chi connectivity index (χ2n) is 8.62. The van der Waals surface area contributed by atoms with Crippen molar-refractivity contribution in [2.45, 2.75) is 49.6 Å². The summed E-state index contributed by atoms with van der Waals surface area (Å²) >= 11 is 0. The molecule has 0 aliphatic carbocycles. The summed E-state index contributed by atoms with van der Waals surface area (Å²) in [4.78, 5) is 14.9. The van der Waals surface area contributed by atoms with Crippen LogP contribution in [0.25, 0.3) is 0 Å². The van der Waals surface area contributed by atoms with Crippen LogP contribution in [-0.2, 0) is 27.8 Å². The molecule has 3 aliphatic rings. The van der Waals surface area contributed by atoms with Gasteiger partial charge >= 0.3 is 0 Å². The molecule has 32 heavy (non-hydrogen) atoms. The molecule has 5 rings (SSSR count). The summed E-state index contributed by atoms with van der Waals surface area (Å²) in [5, 5.41) is 0. The van der Waals surface area contributed by atoms with Crippen LogP contribution in [0.3, 0.4) is 0 Å². The monoisotopic (exact) mass is 456 g/mol. The Morgan fingerprint density at radius 1 is 0.906 bits per heavy atom. The standard InChI is InChI=1S/C24H28N2O5S/c27-24(25-12-5-1-2-6-13-25)23-17-30-22-15-20(9-10-21(22)31-23)32(28,29)26-14-11-18-7-3-4-8-19(18)16-26/h3-4,7-10,15,23H,1-2,5-6,11-14,16-17H2. The molecule has 1 fully saturated rings. The maximum atomic E-state index is 13.3. The molecule has 3 heterocycles. The van der Waals surface area contributed by atoms with Crippen molar-refractivity contribution < 1.29 is 22.7 Å². The fourth-order valence-electron chi connectivity index (χ4n) is 4.65. The normalized spacial score (nSPS) is 21.5. The third kappa shape index (κ3) is 4.09. The van der Waals surface area contributed by atoms with Crippen molar-refractivity contribution in [3.8, 4) is 11.5 Å². The highest BCUT2D eigenvalue weighted by Gasteiger charge is 2.33. The van der Waals surface area contributed by atoms with E-state index in [1.807, 2.05) is 29.2 Å². The number of carbonyl (C=O) groups excluding carboxylic acids is 1. The summed E-state index contributed by atoms with van der Waals surface area (Å²) in [5.74, 6) is 0.719. The first-order valence-electron chi connectivity index (χ1n) is 11.3. The summed E-state index contributed by atoms with van der Waals surface area (Å²) < 4.78 is 39.8. The van der Waals surface area contributed by atoms with Crippen LogP contribution >= 0.6 is 0 Å². The lowest BCUT2D eigenvalue weighted by Gasteiger charge is -2.31. The highest BCUT2D eigenvalue weighted by molar-refractivity contribution is 7.89. The number of hydrogen-bond donors (Lipinski definition) is 0. The molecule has 2 aromatic carbocycles. The summed E-state index contributed by atoms with van der Waals surface area (Å²) in [6.45, 7) is 2.39. The van der Waals surface area contributed by atoms with Gasteiger partial charge in [0.1, 0.15) is 6.61 Å². The summed E-state index contributed by atoms with van der Waals surface area (Å²) in [5.41, 5.74) is 2.23. The number of nitrogens with zero attached hydrogens (tertiary/aromatic N) is 2. The predicted molar refractivity (Wildman–Crippen MR) is 119 cm³/mol. The van der Waals surface area contributed by atoms with Gasteiger partial charge in [-0.05, 0) is 42.5 Å². The van der Waals surface area contributed by atoms with Crippen molar-refractivity contribution in [3.05, 3.63) is 53.6 Å². The molecule has 7 nitrogen and oxygen atoms in total. The summed E-state index contributed by atoms with van der Waals surface area (Å²) in [6.07, 6.45) is 4.32. The fourth-order valence-corrected chi connectivity index (χ4v) is 6.09. The maximum absolute atomic E-state index is 13.3. The zero-order valence-electron chi connectivity index (χ0n) is 18.0. The third-order valence-electron chi connectivity index (χ3n) is 6.50. The van der Waals surface area contributed by atoms with Crippen LogP contribution in [0.2, 0.25) is 0 Å². The first-order valence-corrected chi connectivity index (χ1v) is 12.8. The van der Waals surface area contributed by atoms with Gasteiger partial charge in [-0.25, -0.2) is 8.42 Å². The zero-order valence-corrected chi connectivity index (χ0v) is 18.9. The lowest BCUT2D eigenvalue weighted by atomic mass is 10.0. The second-order valence-corrected chi connectivity index (χ2v) is 10.6. The molecule has 0 aromatic heterocycles. The highest BCUT2D eigenvalue weighted by atomic mass is 32.2. The number of rotatable bonds is 3. The van der Waals surface area contributed by atoms with Gasteiger partial charge in [0.2, 0.25) is 16.1 Å². The Bertz CT molecular complexity index is 1110. The zero-order chi connectivity index (χ0) is 22.1. The molecule has 0 radical (unpaired) electrons. The van der Waals surface area contributed by atoms with Crippen LogP contribution in [0.4, 0.5) is 0 Å². The number of sulfonamides is 1. The summed E-state index contributed by atoms with van der Waals surface area (Å²) in [6, 6.07) is 12.6. The number of benzene rings is 2. The predicted octanol–water partition coefficient (Wildman–Crippen LogP) is 2.98. The number of likely N-dealkylation sites (tertiary alicyclic amines) is 1. The van der Waals surface area contributed by atoms with Crippen molar-refractivity contribution >= 4 is 15.9 Å². The average molecular weight is 457 g/mol. The molecule has 1 atom stereocenters. The molecule has 170 valence electrons. The van der Waals surface area contributed by atoms with Crippen LogP contribution < -0.4 is 9.47 Å². The van der Waals surface area contributed by atoms with E-state index < -0.39 is 16.1 Å². The Labute approximate surface area is 189 Å². The largest absolute Gasteiger partial charge is 0.485 e. The van der Waals surface area contributed by atoms with Crippen LogP contribution in [-0.4, -0.2) is 55.9 Å². The van der Waals surface area contributed by atoms with Crippen LogP contribution in [0.15, 0.2) is 47.4 Å². The number of ether oxygens (including phenoxy) is 2. The number of amides is 1. The van der Waals surface area contributed by atoms with Gasteiger partial charge in [-0.3, -0.25) is 4.79 Å². The molecule has 0 spiro atoms. The lowest BCUT2D eigenvalue weighted by Crippen LogP contribution is -2.46. The van der Waals surface area contributed by atoms with E-state index in [1.54, 1.807) is 6.07 Å². The molecule has 0 bridgehead atoms. The van der Waals surface area contributed by atoms with Crippen molar-refractivity contribution in [2.24, 2.45) is 0 Å². The molecule has 8 heteroatoms. The van der Waals surface area contributed by atoms with E-state index in [-0.39, 0.29) is 17.4 Å². The highest BCUT2D eigenvalue weighted by Crippen LogP contribution is 2.36. The molecular formula is C24H28N2O5S. The molecule has 2 aromatic rings. The van der Waals surface area contributed by atoms with Gasteiger partial charge in [0.25, 0.3) is 5.91 Å². The van der Waals surface area contributed by atoms with Gasteiger partial charge in [-0.1, -0.05) is 37.1 Å². The van der Waals surface area contributed by atoms with Gasteiger partial charge in [0.05, 0.1) is 4.90 Å². The Balaban J connectivity index is 1.31. The smallest absolute Gasteiger partial charge is 0.267 e. The molecule has 3 aliphatic heterocycles. The van der Waals surface area contributed by atoms with Gasteiger partial charge in [-0.2, -0.15) is 4.31 Å². The summed E-state index contributed by atoms with van der Waals surface area (Å²) in [7, 11) is -3.67. The van der Waals surface area contributed by atoms with Gasteiger partial charge in [0, 0.05) is 32.2 Å². The minimum absolute atomic E-state index is 0.0544. The van der Waals surface area contributed by atoms with Crippen LogP contribution in [0.1, 0.15) is 36.8 Å². The first-order chi connectivity index (χ1) is 15.5. The SMILES string of the molecule is O=C(C1COc2cc(S(=O)(=O)N3CCc4ccccc4C3)ccc2O1)N1CCCCCC1. The Morgan fingerprint density at radius 3 is 2.44 bits per heavy atom. The van der Waals surface area contributed by atoms with E-state index in [9.17, 15) is 13.2 Å². The number of hydrogen-bond acceptors (Lipinski definition) is 5. The molecule has 1 amide bonds. The fraction of sp³-hybridized carbons (Fsp3) is 0.458. The first kappa shape index (κ1) is 21.3. The van der Waals surface area contributed by atoms with E-state index in [4.69, 9.17) is 9.47 Å². The van der Waals surface area contributed by atoms with Crippen molar-refractivity contribution in [2.75, 3.05) is 26.2 Å². The van der Waals surface area contributed by atoms with Crippen molar-refractivity contribution in [1.82, 2.24) is 9.21 Å². The Kier molecular flexibility index (Phi) is 5.82. The van der Waals surface area contributed by atoms with E-state index in [0.29, 0.717) is 31.0 Å². The lowest BCUT2D eigenvalue weighted by molar-refractivity contribution is -0.141. The molecular weight excluding hydrogens is 428 g/mol. The topological polar surface area (TPSA) is 76.2 Å². The van der Waals surface area contributed by atoms with Gasteiger partial charge in [0.15, 0.2) is 11.5 Å². The van der Waals surface area contributed by atoms with E-state index in [0.717, 1.165) is 44.3 Å². The maximum Gasteiger partial charge on any atom is 0.267 e. The van der Waals surface area contributed by atoms with Gasteiger partial charge in [-0.15, -0.1) is 0 Å².